The Balaban J connectivity index is 1.77. The lowest BCUT2D eigenvalue weighted by atomic mass is 10.1. The maximum absolute atomic E-state index is 12.4. The van der Waals surface area contributed by atoms with E-state index in [1.807, 2.05) is 0 Å². The van der Waals surface area contributed by atoms with Crippen molar-refractivity contribution < 1.29 is 14.7 Å². The lowest BCUT2D eigenvalue weighted by Crippen LogP contribution is -2.42. The van der Waals surface area contributed by atoms with Crippen LogP contribution in [-0.4, -0.2) is 33.0 Å². The van der Waals surface area contributed by atoms with Gasteiger partial charge < -0.3 is 21.1 Å². The van der Waals surface area contributed by atoms with Crippen LogP contribution < -0.4 is 11.1 Å². The number of benzene rings is 2. The van der Waals surface area contributed by atoms with Crippen LogP contribution in [0.25, 0.3) is 11.0 Å². The number of rotatable bonds is 5. The molecule has 3 aromatic rings. The van der Waals surface area contributed by atoms with E-state index in [2.05, 4.69) is 15.3 Å². The standard InChI is InChI=1S/C17H15ClN4O3/c18-11-4-1-9(2-5-11)7-14(16(24)25)20-15(23)10-3-6-12-13(8-10)22-17(19)21-12/h1-6,8,14H,7H2,(H,20,23)(H,24,25)(H3,19,21,22). The minimum Gasteiger partial charge on any atom is -0.480 e. The summed E-state index contributed by atoms with van der Waals surface area (Å²) in [4.78, 5) is 30.8. The van der Waals surface area contributed by atoms with Crippen molar-refractivity contribution in [2.45, 2.75) is 12.5 Å². The van der Waals surface area contributed by atoms with E-state index in [9.17, 15) is 14.7 Å². The number of H-pyrrole nitrogens is 1. The van der Waals surface area contributed by atoms with Gasteiger partial charge in [-0.05, 0) is 35.9 Å². The fourth-order valence-corrected chi connectivity index (χ4v) is 2.59. The molecule has 3 rings (SSSR count). The first-order valence-electron chi connectivity index (χ1n) is 7.46. The molecule has 2 aromatic carbocycles. The van der Waals surface area contributed by atoms with Crippen molar-refractivity contribution in [2.24, 2.45) is 0 Å². The molecule has 0 aliphatic carbocycles. The van der Waals surface area contributed by atoms with Gasteiger partial charge in [-0.25, -0.2) is 9.78 Å². The first-order chi connectivity index (χ1) is 11.9. The summed E-state index contributed by atoms with van der Waals surface area (Å²) in [6, 6.07) is 10.5. The number of aromatic nitrogens is 2. The first-order valence-corrected chi connectivity index (χ1v) is 7.83. The molecule has 1 unspecified atom stereocenters. The third-order valence-electron chi connectivity index (χ3n) is 3.72. The summed E-state index contributed by atoms with van der Waals surface area (Å²) in [5.74, 6) is -1.36. The smallest absolute Gasteiger partial charge is 0.326 e. The van der Waals surface area contributed by atoms with E-state index >= 15 is 0 Å². The second-order valence-corrected chi connectivity index (χ2v) is 5.99. The van der Waals surface area contributed by atoms with Gasteiger partial charge in [0.1, 0.15) is 6.04 Å². The zero-order chi connectivity index (χ0) is 18.0. The fourth-order valence-electron chi connectivity index (χ4n) is 2.47. The largest absolute Gasteiger partial charge is 0.480 e. The Morgan fingerprint density at radius 1 is 1.24 bits per heavy atom. The minimum absolute atomic E-state index is 0.150. The number of amides is 1. The van der Waals surface area contributed by atoms with Crippen molar-refractivity contribution in [1.82, 2.24) is 15.3 Å². The van der Waals surface area contributed by atoms with Gasteiger partial charge in [0.05, 0.1) is 11.0 Å². The van der Waals surface area contributed by atoms with Crippen LogP contribution in [0.3, 0.4) is 0 Å². The van der Waals surface area contributed by atoms with Crippen molar-refractivity contribution in [3.63, 3.8) is 0 Å². The number of carbonyl (C=O) groups excluding carboxylic acids is 1. The predicted molar refractivity (Wildman–Crippen MR) is 94.6 cm³/mol. The normalized spacial score (nSPS) is 12.0. The van der Waals surface area contributed by atoms with E-state index in [1.54, 1.807) is 42.5 Å². The molecule has 0 bridgehead atoms. The summed E-state index contributed by atoms with van der Waals surface area (Å²) in [6.45, 7) is 0. The highest BCUT2D eigenvalue weighted by Gasteiger charge is 2.21. The molecule has 0 saturated heterocycles. The maximum atomic E-state index is 12.4. The van der Waals surface area contributed by atoms with E-state index in [4.69, 9.17) is 17.3 Å². The number of nitrogens with two attached hydrogens (primary N) is 1. The lowest BCUT2D eigenvalue weighted by molar-refractivity contribution is -0.139. The number of nitrogens with zero attached hydrogens (tertiary/aromatic N) is 1. The van der Waals surface area contributed by atoms with Crippen molar-refractivity contribution in [2.75, 3.05) is 5.73 Å². The van der Waals surface area contributed by atoms with Crippen LogP contribution in [0.4, 0.5) is 5.95 Å². The molecule has 1 heterocycles. The third kappa shape index (κ3) is 3.89. The quantitative estimate of drug-likeness (QED) is 0.557. The molecule has 1 amide bonds. The molecule has 8 heteroatoms. The number of halogens is 1. The Kier molecular flexibility index (Phi) is 4.58. The van der Waals surface area contributed by atoms with Gasteiger partial charge in [0.25, 0.3) is 5.91 Å². The number of carboxylic acids is 1. The molecule has 0 fully saturated rings. The molecule has 25 heavy (non-hydrogen) atoms. The van der Waals surface area contributed by atoms with Gasteiger partial charge >= 0.3 is 5.97 Å². The Bertz CT molecular complexity index is 937. The summed E-state index contributed by atoms with van der Waals surface area (Å²) in [7, 11) is 0. The van der Waals surface area contributed by atoms with Gasteiger partial charge in [-0.1, -0.05) is 23.7 Å². The van der Waals surface area contributed by atoms with Crippen LogP contribution in [0.1, 0.15) is 15.9 Å². The van der Waals surface area contributed by atoms with Gasteiger partial charge in [-0.3, -0.25) is 4.79 Å². The van der Waals surface area contributed by atoms with Crippen LogP contribution in [0.5, 0.6) is 0 Å². The summed E-state index contributed by atoms with van der Waals surface area (Å²) in [5.41, 5.74) is 7.89. The van der Waals surface area contributed by atoms with Gasteiger partial charge in [0, 0.05) is 17.0 Å². The molecule has 0 aliphatic heterocycles. The third-order valence-corrected chi connectivity index (χ3v) is 3.97. The van der Waals surface area contributed by atoms with Crippen LogP contribution in [0.2, 0.25) is 5.02 Å². The highest BCUT2D eigenvalue weighted by molar-refractivity contribution is 6.30. The van der Waals surface area contributed by atoms with Crippen molar-refractivity contribution in [1.29, 1.82) is 0 Å². The Hall–Kier alpha value is -3.06. The molecule has 0 spiro atoms. The Morgan fingerprint density at radius 2 is 1.96 bits per heavy atom. The lowest BCUT2D eigenvalue weighted by Gasteiger charge is -2.15. The summed E-state index contributed by atoms with van der Waals surface area (Å²) >= 11 is 5.82. The Labute approximate surface area is 147 Å². The average molecular weight is 359 g/mol. The SMILES string of the molecule is Nc1nc2ccc(C(=O)NC(Cc3ccc(Cl)cc3)C(=O)O)cc2[nH]1. The number of carboxylic acid groups (broad SMARTS) is 1. The van der Waals surface area contributed by atoms with Gasteiger partial charge in [0.15, 0.2) is 5.95 Å². The van der Waals surface area contributed by atoms with Crippen molar-refractivity contribution in [3.05, 3.63) is 58.6 Å². The molecular formula is C17H15ClN4O3. The average Bonchev–Trinajstić information content (AvgIpc) is 2.95. The van der Waals surface area contributed by atoms with Gasteiger partial charge in [0.2, 0.25) is 0 Å². The highest BCUT2D eigenvalue weighted by atomic mass is 35.5. The van der Waals surface area contributed by atoms with Crippen LogP contribution in [0, 0.1) is 0 Å². The number of nitrogens with one attached hydrogen (secondary N) is 2. The molecule has 0 radical (unpaired) electrons. The zero-order valence-electron chi connectivity index (χ0n) is 13.0. The number of aliphatic carboxylic acids is 1. The number of hydrogen-bond donors (Lipinski definition) is 4. The topological polar surface area (TPSA) is 121 Å². The highest BCUT2D eigenvalue weighted by Crippen LogP contribution is 2.15. The molecular weight excluding hydrogens is 344 g/mol. The number of fused-ring (bicyclic) bond motifs is 1. The number of aromatic amines is 1. The molecule has 0 saturated carbocycles. The summed E-state index contributed by atoms with van der Waals surface area (Å²) in [5, 5.41) is 12.5. The molecule has 5 N–H and O–H groups in total. The minimum atomic E-state index is -1.12. The van der Waals surface area contributed by atoms with E-state index in [0.29, 0.717) is 21.6 Å². The second kappa shape index (κ2) is 6.82. The fraction of sp³-hybridized carbons (Fsp3) is 0.118. The molecule has 0 aliphatic rings. The van der Waals surface area contributed by atoms with E-state index in [-0.39, 0.29) is 12.4 Å². The van der Waals surface area contributed by atoms with E-state index in [1.165, 1.54) is 0 Å². The van der Waals surface area contributed by atoms with Crippen LogP contribution >= 0.6 is 11.6 Å². The number of carbonyl (C=O) groups is 2. The van der Waals surface area contributed by atoms with Gasteiger partial charge in [-0.15, -0.1) is 0 Å². The maximum Gasteiger partial charge on any atom is 0.326 e. The monoisotopic (exact) mass is 358 g/mol. The van der Waals surface area contributed by atoms with E-state index in [0.717, 1.165) is 5.56 Å². The number of anilines is 1. The summed E-state index contributed by atoms with van der Waals surface area (Å²) in [6.07, 6.45) is 0.150. The zero-order valence-corrected chi connectivity index (χ0v) is 13.7. The first kappa shape index (κ1) is 16.8. The number of nitrogen functional groups attached to an aromatic ring is 1. The van der Waals surface area contributed by atoms with Crippen LogP contribution in [0.15, 0.2) is 42.5 Å². The summed E-state index contributed by atoms with van der Waals surface area (Å²) < 4.78 is 0. The predicted octanol–water partition coefficient (Wildman–Crippen LogP) is 2.22. The van der Waals surface area contributed by atoms with Crippen molar-refractivity contribution in [3.8, 4) is 0 Å². The molecule has 128 valence electrons. The number of imidazole rings is 1. The molecule has 7 nitrogen and oxygen atoms in total. The van der Waals surface area contributed by atoms with Crippen LogP contribution in [-0.2, 0) is 11.2 Å². The molecule has 1 atom stereocenters. The Morgan fingerprint density at radius 3 is 2.64 bits per heavy atom. The van der Waals surface area contributed by atoms with Gasteiger partial charge in [-0.2, -0.15) is 0 Å². The number of hydrogen-bond acceptors (Lipinski definition) is 4. The molecule has 1 aromatic heterocycles. The van der Waals surface area contributed by atoms with Crippen molar-refractivity contribution >= 4 is 40.5 Å². The van der Waals surface area contributed by atoms with E-state index < -0.39 is 17.9 Å². The second-order valence-electron chi connectivity index (χ2n) is 5.55.